The molecule has 0 amide bonds. The van der Waals surface area contributed by atoms with Gasteiger partial charge >= 0.3 is 29.9 Å². The highest BCUT2D eigenvalue weighted by molar-refractivity contribution is 5.83. The average Bonchev–Trinajstić information content (AvgIpc) is 2.96. The maximum Gasteiger partial charge on any atom is 0.437 e. The first kappa shape index (κ1) is 27.4. The molecule has 0 aromatic carbocycles. The van der Waals surface area contributed by atoms with E-state index in [4.69, 9.17) is 4.74 Å². The fourth-order valence-electron chi connectivity index (χ4n) is 6.01. The average molecular weight is 488 g/mol. The van der Waals surface area contributed by atoms with Crippen LogP contribution in [0.15, 0.2) is 0 Å². The lowest BCUT2D eigenvalue weighted by molar-refractivity contribution is -0.375. The molecule has 5 nitrogen and oxygen atoms in total. The van der Waals surface area contributed by atoms with Crippen LogP contribution in [0.5, 0.6) is 0 Å². The molecule has 33 heavy (non-hydrogen) atoms. The Balaban J connectivity index is 2.35. The van der Waals surface area contributed by atoms with Gasteiger partial charge in [0.1, 0.15) is 11.9 Å². The minimum Gasteiger partial charge on any atom is -0.462 e. The molecule has 5 atom stereocenters. The minimum atomic E-state index is -5.99. The summed E-state index contributed by atoms with van der Waals surface area (Å²) in [5.41, 5.74) is -5.22. The predicted molar refractivity (Wildman–Crippen MR) is 104 cm³/mol. The van der Waals surface area contributed by atoms with Crippen LogP contribution in [-0.2, 0) is 23.9 Å². The number of ketones is 1. The summed E-state index contributed by atoms with van der Waals surface area (Å²) in [5, 5.41) is 0. The molecule has 2 rings (SSSR count). The largest absolute Gasteiger partial charge is 0.462 e. The van der Waals surface area contributed by atoms with Gasteiger partial charge in [-0.3, -0.25) is 14.4 Å². The third-order valence-electron chi connectivity index (χ3n) is 7.34. The topological polar surface area (TPSA) is 69.7 Å². The summed E-state index contributed by atoms with van der Waals surface area (Å²) >= 11 is 0. The Morgan fingerprint density at radius 2 is 1.64 bits per heavy atom. The number of halogens is 6. The Labute approximate surface area is 188 Å². The van der Waals surface area contributed by atoms with Crippen molar-refractivity contribution >= 4 is 17.7 Å². The van der Waals surface area contributed by atoms with E-state index in [-0.39, 0.29) is 24.0 Å². The number of esters is 2. The van der Waals surface area contributed by atoms with Gasteiger partial charge in [-0.25, -0.2) is 0 Å². The molecule has 0 spiro atoms. The molecular formula is C22H30F6O5. The molecule has 0 unspecified atom stereocenters. The molecule has 0 radical (unpaired) electrons. The zero-order valence-electron chi connectivity index (χ0n) is 19.1. The molecule has 0 aromatic heterocycles. The molecule has 2 aliphatic carbocycles. The highest BCUT2D eigenvalue weighted by Gasteiger charge is 2.74. The SMILES string of the molecule is CC(=O)O[C@@H](C[C@@H](C)[C@H]1CC[C@H]2C(=O)CCC[C@]12C)CC(OC(C)=O)(C(F)(F)F)C(F)(F)F. The van der Waals surface area contributed by atoms with Gasteiger partial charge in [-0.05, 0) is 49.4 Å². The second-order valence-corrected chi connectivity index (χ2v) is 9.63. The monoisotopic (exact) mass is 488 g/mol. The molecule has 0 bridgehead atoms. The van der Waals surface area contributed by atoms with E-state index in [2.05, 4.69) is 4.74 Å². The molecule has 0 aliphatic heterocycles. The van der Waals surface area contributed by atoms with Crippen LogP contribution in [0.25, 0.3) is 0 Å². The fourth-order valence-corrected chi connectivity index (χ4v) is 6.01. The number of alkyl halides is 6. The summed E-state index contributed by atoms with van der Waals surface area (Å²) in [6.45, 7) is 4.97. The van der Waals surface area contributed by atoms with Gasteiger partial charge in [-0.15, -0.1) is 0 Å². The van der Waals surface area contributed by atoms with Crippen molar-refractivity contribution in [1.29, 1.82) is 0 Å². The van der Waals surface area contributed by atoms with Crippen LogP contribution in [0.1, 0.15) is 72.6 Å². The van der Waals surface area contributed by atoms with Gasteiger partial charge in [0, 0.05) is 32.6 Å². The van der Waals surface area contributed by atoms with Crippen molar-refractivity contribution in [3.05, 3.63) is 0 Å². The first-order chi connectivity index (χ1) is 14.9. The number of rotatable bonds is 7. The molecule has 0 saturated heterocycles. The molecule has 0 N–H and O–H groups in total. The summed E-state index contributed by atoms with van der Waals surface area (Å²) in [5.74, 6) is -3.42. The van der Waals surface area contributed by atoms with E-state index in [1.165, 1.54) is 0 Å². The highest BCUT2D eigenvalue weighted by atomic mass is 19.4. The Morgan fingerprint density at radius 1 is 1.06 bits per heavy atom. The predicted octanol–water partition coefficient (Wildman–Crippen LogP) is 5.55. The third-order valence-corrected chi connectivity index (χ3v) is 7.34. The van der Waals surface area contributed by atoms with E-state index in [0.717, 1.165) is 13.3 Å². The van der Waals surface area contributed by atoms with E-state index in [0.29, 0.717) is 32.6 Å². The molecule has 11 heteroatoms. The van der Waals surface area contributed by atoms with Gasteiger partial charge < -0.3 is 9.47 Å². The van der Waals surface area contributed by atoms with Gasteiger partial charge in [0.25, 0.3) is 0 Å². The van der Waals surface area contributed by atoms with Crippen molar-refractivity contribution in [3.63, 3.8) is 0 Å². The number of carbonyl (C=O) groups excluding carboxylic acids is 3. The Hall–Kier alpha value is -1.81. The number of Topliss-reactive ketones (excluding diaryl/α,β-unsaturated/α-hetero) is 1. The number of ether oxygens (including phenoxy) is 2. The van der Waals surface area contributed by atoms with Crippen LogP contribution < -0.4 is 0 Å². The normalized spacial score (nSPS) is 28.1. The molecule has 2 aliphatic rings. The van der Waals surface area contributed by atoms with E-state index in [1.54, 1.807) is 6.92 Å². The van der Waals surface area contributed by atoms with E-state index < -0.39 is 53.7 Å². The summed E-state index contributed by atoms with van der Waals surface area (Å²) in [6, 6.07) is 0. The highest BCUT2D eigenvalue weighted by Crippen LogP contribution is 2.57. The first-order valence-electron chi connectivity index (χ1n) is 11.0. The Bertz CT molecular complexity index is 747. The van der Waals surface area contributed by atoms with Gasteiger partial charge in [0.15, 0.2) is 0 Å². The summed E-state index contributed by atoms with van der Waals surface area (Å²) < 4.78 is 91.1. The van der Waals surface area contributed by atoms with Gasteiger partial charge in [0.05, 0.1) is 0 Å². The fraction of sp³-hybridized carbons (Fsp3) is 0.864. The minimum absolute atomic E-state index is 0.135. The van der Waals surface area contributed by atoms with Gasteiger partial charge in [-0.2, -0.15) is 26.3 Å². The smallest absolute Gasteiger partial charge is 0.437 e. The van der Waals surface area contributed by atoms with Crippen LogP contribution in [0.3, 0.4) is 0 Å². The number of carbonyl (C=O) groups is 3. The number of fused-ring (bicyclic) bond motifs is 1. The van der Waals surface area contributed by atoms with E-state index >= 15 is 0 Å². The second-order valence-electron chi connectivity index (χ2n) is 9.63. The van der Waals surface area contributed by atoms with Crippen molar-refractivity contribution < 1.29 is 50.2 Å². The lowest BCUT2D eigenvalue weighted by Crippen LogP contribution is -2.61. The van der Waals surface area contributed by atoms with Crippen molar-refractivity contribution in [2.75, 3.05) is 0 Å². The summed E-state index contributed by atoms with van der Waals surface area (Å²) in [6.07, 6.45) is -12.8. The second kappa shape index (κ2) is 9.44. The molecule has 2 fully saturated rings. The number of hydrogen-bond donors (Lipinski definition) is 0. The van der Waals surface area contributed by atoms with Crippen LogP contribution in [0, 0.1) is 23.2 Å². The lowest BCUT2D eigenvalue weighted by atomic mass is 9.61. The summed E-state index contributed by atoms with van der Waals surface area (Å²) in [7, 11) is 0. The van der Waals surface area contributed by atoms with Crippen LogP contribution in [-0.4, -0.2) is 41.8 Å². The zero-order chi connectivity index (χ0) is 25.4. The van der Waals surface area contributed by atoms with E-state index in [9.17, 15) is 40.7 Å². The quantitative estimate of drug-likeness (QED) is 0.347. The molecular weight excluding hydrogens is 458 g/mol. The van der Waals surface area contributed by atoms with Crippen LogP contribution >= 0.6 is 0 Å². The Kier molecular flexibility index (Phi) is 7.85. The molecule has 2 saturated carbocycles. The van der Waals surface area contributed by atoms with Gasteiger partial charge in [-0.1, -0.05) is 13.8 Å². The molecule has 0 aromatic rings. The van der Waals surface area contributed by atoms with Crippen LogP contribution in [0.2, 0.25) is 0 Å². The van der Waals surface area contributed by atoms with Crippen molar-refractivity contribution in [2.24, 2.45) is 23.2 Å². The first-order valence-corrected chi connectivity index (χ1v) is 11.0. The van der Waals surface area contributed by atoms with Crippen LogP contribution in [0.4, 0.5) is 26.3 Å². The Morgan fingerprint density at radius 3 is 2.12 bits per heavy atom. The van der Waals surface area contributed by atoms with E-state index in [1.807, 2.05) is 6.92 Å². The van der Waals surface area contributed by atoms with Crippen molar-refractivity contribution in [2.45, 2.75) is 96.7 Å². The maximum atomic E-state index is 13.7. The molecule has 0 heterocycles. The number of hydrogen-bond acceptors (Lipinski definition) is 5. The third kappa shape index (κ3) is 5.48. The maximum absolute atomic E-state index is 13.7. The van der Waals surface area contributed by atoms with Gasteiger partial charge in [0.2, 0.25) is 0 Å². The summed E-state index contributed by atoms with van der Waals surface area (Å²) in [4.78, 5) is 35.2. The molecule has 190 valence electrons. The standard InChI is InChI=1S/C22H30F6O5/c1-12(16-7-8-17-18(31)6-5-9-19(16,17)4)10-15(32-13(2)29)11-20(21(23,24)25,22(26,27)28)33-14(3)30/h12,15-17H,5-11H2,1-4H3/t12-,15+,16-,17+,19-/m1/s1. The van der Waals surface area contributed by atoms with Crippen molar-refractivity contribution in [1.82, 2.24) is 0 Å². The van der Waals surface area contributed by atoms with Crippen molar-refractivity contribution in [3.8, 4) is 0 Å². The zero-order valence-corrected chi connectivity index (χ0v) is 19.1. The lowest BCUT2D eigenvalue weighted by Gasteiger charge is -2.43.